The van der Waals surface area contributed by atoms with E-state index in [1.807, 2.05) is 13.0 Å². The molecule has 0 heterocycles. The summed E-state index contributed by atoms with van der Waals surface area (Å²) in [4.78, 5) is 11.6. The number of sulfonamides is 1. The summed E-state index contributed by atoms with van der Waals surface area (Å²) < 4.78 is 32.6. The van der Waals surface area contributed by atoms with Crippen molar-refractivity contribution in [1.82, 2.24) is 0 Å². The molecule has 0 aliphatic heterocycles. The van der Waals surface area contributed by atoms with Crippen molar-refractivity contribution >= 4 is 21.7 Å². The molecule has 2 aromatic rings. The van der Waals surface area contributed by atoms with E-state index in [9.17, 15) is 13.2 Å². The van der Waals surface area contributed by atoms with Crippen LogP contribution in [0.15, 0.2) is 47.4 Å². The molecule has 25 heavy (non-hydrogen) atoms. The van der Waals surface area contributed by atoms with Crippen LogP contribution in [-0.2, 0) is 14.8 Å². The predicted octanol–water partition coefficient (Wildman–Crippen LogP) is 1.92. The van der Waals surface area contributed by atoms with Crippen LogP contribution in [0.25, 0.3) is 0 Å². The van der Waals surface area contributed by atoms with Gasteiger partial charge in [-0.25, -0.2) is 18.4 Å². The van der Waals surface area contributed by atoms with Gasteiger partial charge < -0.3 is 14.8 Å². The highest BCUT2D eigenvalue weighted by molar-refractivity contribution is 7.89. The summed E-state index contributed by atoms with van der Waals surface area (Å²) in [5, 5.41) is 8.23. The number of aryl methyl sites for hydroxylation is 1. The van der Waals surface area contributed by atoms with E-state index in [0.29, 0.717) is 24.5 Å². The molecular weight excluding hydrogens is 344 g/mol. The first kappa shape index (κ1) is 18.8. The standard InChI is InChI=1S/C17H20N2O5S/c1-12-3-4-13(17(20)23-2)11-16(12)19-9-10-24-14-5-7-15(8-6-14)25(18,21)22/h3-8,11,19H,9-10H2,1-2H3,(H2,18,21,22). The van der Waals surface area contributed by atoms with E-state index in [-0.39, 0.29) is 4.90 Å². The Bertz CT molecular complexity index is 848. The fourth-order valence-corrected chi connectivity index (χ4v) is 2.65. The Balaban J connectivity index is 1.90. The quantitative estimate of drug-likeness (QED) is 0.574. The third-order valence-electron chi connectivity index (χ3n) is 3.50. The molecule has 0 saturated carbocycles. The number of carbonyl (C=O) groups excluding carboxylic acids is 1. The third kappa shape index (κ3) is 5.20. The van der Waals surface area contributed by atoms with Crippen LogP contribution in [0, 0.1) is 6.92 Å². The van der Waals surface area contributed by atoms with E-state index < -0.39 is 16.0 Å². The van der Waals surface area contributed by atoms with Gasteiger partial charge in [-0.1, -0.05) is 6.07 Å². The molecule has 0 spiro atoms. The first-order valence-corrected chi connectivity index (χ1v) is 9.04. The fourth-order valence-electron chi connectivity index (χ4n) is 2.14. The Labute approximate surface area is 146 Å². The van der Waals surface area contributed by atoms with Gasteiger partial charge in [0.25, 0.3) is 0 Å². The first-order valence-electron chi connectivity index (χ1n) is 7.50. The van der Waals surface area contributed by atoms with Crippen LogP contribution in [0.5, 0.6) is 5.75 Å². The second-order valence-corrected chi connectivity index (χ2v) is 6.87. The van der Waals surface area contributed by atoms with Crippen LogP contribution in [0.4, 0.5) is 5.69 Å². The van der Waals surface area contributed by atoms with Crippen molar-refractivity contribution in [1.29, 1.82) is 0 Å². The number of methoxy groups -OCH3 is 1. The number of nitrogens with one attached hydrogen (secondary N) is 1. The third-order valence-corrected chi connectivity index (χ3v) is 4.43. The lowest BCUT2D eigenvalue weighted by Crippen LogP contribution is -2.14. The van der Waals surface area contributed by atoms with Gasteiger partial charge in [0, 0.05) is 12.2 Å². The summed E-state index contributed by atoms with van der Waals surface area (Å²) in [6.07, 6.45) is 0. The van der Waals surface area contributed by atoms with Crippen molar-refractivity contribution in [2.24, 2.45) is 5.14 Å². The number of nitrogens with two attached hydrogens (primary N) is 1. The zero-order valence-corrected chi connectivity index (χ0v) is 14.8. The maximum Gasteiger partial charge on any atom is 0.337 e. The number of hydrogen-bond acceptors (Lipinski definition) is 6. The minimum atomic E-state index is -3.70. The van der Waals surface area contributed by atoms with Crippen LogP contribution in [0.1, 0.15) is 15.9 Å². The number of primary sulfonamides is 1. The Kier molecular flexibility index (Phi) is 6.00. The average Bonchev–Trinajstić information content (AvgIpc) is 2.59. The van der Waals surface area contributed by atoms with Gasteiger partial charge in [-0.15, -0.1) is 0 Å². The Morgan fingerprint density at radius 2 is 1.84 bits per heavy atom. The molecule has 0 aliphatic rings. The number of rotatable bonds is 7. The highest BCUT2D eigenvalue weighted by atomic mass is 32.2. The van der Waals surface area contributed by atoms with Gasteiger partial charge in [-0.3, -0.25) is 0 Å². The van der Waals surface area contributed by atoms with Gasteiger partial charge in [-0.05, 0) is 48.9 Å². The second kappa shape index (κ2) is 8.00. The topological polar surface area (TPSA) is 108 Å². The Morgan fingerprint density at radius 3 is 2.44 bits per heavy atom. The minimum Gasteiger partial charge on any atom is -0.492 e. The fraction of sp³-hybridized carbons (Fsp3) is 0.235. The lowest BCUT2D eigenvalue weighted by molar-refractivity contribution is 0.0601. The molecule has 8 heteroatoms. The second-order valence-electron chi connectivity index (χ2n) is 5.31. The zero-order chi connectivity index (χ0) is 18.4. The van der Waals surface area contributed by atoms with Crippen LogP contribution < -0.4 is 15.2 Å². The van der Waals surface area contributed by atoms with Crippen molar-refractivity contribution in [3.63, 3.8) is 0 Å². The molecule has 0 amide bonds. The van der Waals surface area contributed by atoms with E-state index in [1.54, 1.807) is 24.3 Å². The number of benzene rings is 2. The highest BCUT2D eigenvalue weighted by Crippen LogP contribution is 2.18. The average molecular weight is 364 g/mol. The lowest BCUT2D eigenvalue weighted by Gasteiger charge is -2.12. The summed E-state index contributed by atoms with van der Waals surface area (Å²) in [5.41, 5.74) is 2.27. The minimum absolute atomic E-state index is 0.0354. The molecular formula is C17H20N2O5S. The van der Waals surface area contributed by atoms with Crippen molar-refractivity contribution in [3.8, 4) is 5.75 Å². The molecule has 0 atom stereocenters. The smallest absolute Gasteiger partial charge is 0.337 e. The summed E-state index contributed by atoms with van der Waals surface area (Å²) in [6, 6.07) is 11.1. The monoisotopic (exact) mass is 364 g/mol. The molecule has 7 nitrogen and oxygen atoms in total. The first-order chi connectivity index (χ1) is 11.8. The van der Waals surface area contributed by atoms with E-state index in [1.165, 1.54) is 19.2 Å². The van der Waals surface area contributed by atoms with Gasteiger partial charge in [0.15, 0.2) is 0 Å². The summed E-state index contributed by atoms with van der Waals surface area (Å²) >= 11 is 0. The SMILES string of the molecule is COC(=O)c1ccc(C)c(NCCOc2ccc(S(N)(=O)=O)cc2)c1. The molecule has 134 valence electrons. The number of carbonyl (C=O) groups is 1. The van der Waals surface area contributed by atoms with Crippen molar-refractivity contribution < 1.29 is 22.7 Å². The predicted molar refractivity (Wildman–Crippen MR) is 94.3 cm³/mol. The molecule has 0 bridgehead atoms. The van der Waals surface area contributed by atoms with Crippen LogP contribution >= 0.6 is 0 Å². The normalized spacial score (nSPS) is 11.0. The molecule has 0 saturated heterocycles. The number of hydrogen-bond donors (Lipinski definition) is 2. The molecule has 0 unspecified atom stereocenters. The molecule has 2 aromatic carbocycles. The molecule has 2 rings (SSSR count). The Morgan fingerprint density at radius 1 is 1.16 bits per heavy atom. The van der Waals surface area contributed by atoms with E-state index in [4.69, 9.17) is 14.6 Å². The molecule has 0 fully saturated rings. The highest BCUT2D eigenvalue weighted by Gasteiger charge is 2.08. The van der Waals surface area contributed by atoms with Crippen LogP contribution in [0.2, 0.25) is 0 Å². The van der Waals surface area contributed by atoms with Gasteiger partial charge in [0.05, 0.1) is 17.6 Å². The van der Waals surface area contributed by atoms with Crippen molar-refractivity contribution in [3.05, 3.63) is 53.6 Å². The van der Waals surface area contributed by atoms with E-state index in [2.05, 4.69) is 5.32 Å². The van der Waals surface area contributed by atoms with E-state index >= 15 is 0 Å². The Hall–Kier alpha value is -2.58. The van der Waals surface area contributed by atoms with Gasteiger partial charge >= 0.3 is 5.97 Å². The zero-order valence-electron chi connectivity index (χ0n) is 14.0. The molecule has 0 radical (unpaired) electrons. The lowest BCUT2D eigenvalue weighted by atomic mass is 10.1. The maximum atomic E-state index is 11.6. The van der Waals surface area contributed by atoms with Gasteiger partial charge in [0.1, 0.15) is 12.4 Å². The van der Waals surface area contributed by atoms with Crippen molar-refractivity contribution in [2.75, 3.05) is 25.6 Å². The van der Waals surface area contributed by atoms with Crippen LogP contribution in [-0.4, -0.2) is 34.6 Å². The van der Waals surface area contributed by atoms with E-state index in [0.717, 1.165) is 11.3 Å². The van der Waals surface area contributed by atoms with Gasteiger partial charge in [-0.2, -0.15) is 0 Å². The molecule has 0 aromatic heterocycles. The van der Waals surface area contributed by atoms with Crippen LogP contribution in [0.3, 0.4) is 0 Å². The number of ether oxygens (including phenoxy) is 2. The maximum absolute atomic E-state index is 11.6. The molecule has 0 aliphatic carbocycles. The van der Waals surface area contributed by atoms with Crippen molar-refractivity contribution in [2.45, 2.75) is 11.8 Å². The van der Waals surface area contributed by atoms with Gasteiger partial charge in [0.2, 0.25) is 10.0 Å². The summed E-state index contributed by atoms with van der Waals surface area (Å²) in [7, 11) is -2.37. The summed E-state index contributed by atoms with van der Waals surface area (Å²) in [5.74, 6) is 0.142. The molecule has 3 N–H and O–H groups in total. The largest absolute Gasteiger partial charge is 0.492 e. The summed E-state index contributed by atoms with van der Waals surface area (Å²) in [6.45, 7) is 2.79. The number of esters is 1. The number of anilines is 1.